The molecule has 0 bridgehead atoms. The van der Waals surface area contributed by atoms with E-state index < -0.39 is 0 Å². The van der Waals surface area contributed by atoms with Crippen LogP contribution in [0.15, 0.2) is 52.3 Å². The van der Waals surface area contributed by atoms with Crippen molar-refractivity contribution >= 4 is 23.4 Å². The van der Waals surface area contributed by atoms with Gasteiger partial charge in [0.1, 0.15) is 0 Å². The highest BCUT2D eigenvalue weighted by atomic mass is 35.5. The Labute approximate surface area is 130 Å². The van der Waals surface area contributed by atoms with E-state index >= 15 is 0 Å². The molecule has 0 fully saturated rings. The van der Waals surface area contributed by atoms with E-state index in [-0.39, 0.29) is 0 Å². The van der Waals surface area contributed by atoms with Crippen LogP contribution in [0.1, 0.15) is 30.9 Å². The quantitative estimate of drug-likeness (QED) is 0.830. The van der Waals surface area contributed by atoms with Crippen LogP contribution in [0.25, 0.3) is 0 Å². The number of rotatable bonds is 5. The lowest BCUT2D eigenvalue weighted by Gasteiger charge is -2.11. The Balaban J connectivity index is 2.25. The Kier molecular flexibility index (Phi) is 5.53. The monoisotopic (exact) mass is 305 g/mol. The zero-order valence-electron chi connectivity index (χ0n) is 11.9. The van der Waals surface area contributed by atoms with Crippen molar-refractivity contribution in [3.63, 3.8) is 0 Å². The molecular formula is C17H20ClNS. The average Bonchev–Trinajstić information content (AvgIpc) is 2.43. The fraction of sp³-hybridized carbons (Fsp3) is 0.294. The molecule has 0 heterocycles. The fourth-order valence-corrected chi connectivity index (χ4v) is 3.34. The molecule has 0 saturated heterocycles. The van der Waals surface area contributed by atoms with E-state index in [1.807, 2.05) is 12.1 Å². The molecule has 106 valence electrons. The lowest BCUT2D eigenvalue weighted by atomic mass is 10.0. The molecule has 20 heavy (non-hydrogen) atoms. The first-order valence-corrected chi connectivity index (χ1v) is 8.06. The number of benzene rings is 2. The lowest BCUT2D eigenvalue weighted by Crippen LogP contribution is -2.03. The first-order valence-electron chi connectivity index (χ1n) is 6.87. The van der Waals surface area contributed by atoms with E-state index in [1.165, 1.54) is 16.0 Å². The maximum atomic E-state index is 6.34. The van der Waals surface area contributed by atoms with Gasteiger partial charge in [-0.15, -0.1) is 0 Å². The van der Waals surface area contributed by atoms with Crippen LogP contribution in [0.2, 0.25) is 5.02 Å². The molecule has 2 N–H and O–H groups in total. The van der Waals surface area contributed by atoms with Gasteiger partial charge in [-0.3, -0.25) is 0 Å². The van der Waals surface area contributed by atoms with E-state index in [0.29, 0.717) is 12.5 Å². The molecule has 0 aliphatic rings. The molecule has 0 aliphatic carbocycles. The third-order valence-electron chi connectivity index (χ3n) is 3.23. The van der Waals surface area contributed by atoms with Crippen LogP contribution in [0, 0.1) is 0 Å². The maximum absolute atomic E-state index is 6.34. The Bertz CT molecular complexity index is 564. The molecular weight excluding hydrogens is 286 g/mol. The highest BCUT2D eigenvalue weighted by Gasteiger charge is 2.09. The van der Waals surface area contributed by atoms with Crippen molar-refractivity contribution in [2.24, 2.45) is 5.73 Å². The van der Waals surface area contributed by atoms with Crippen LogP contribution >= 0.6 is 23.4 Å². The van der Waals surface area contributed by atoms with Gasteiger partial charge >= 0.3 is 0 Å². The number of nitrogens with two attached hydrogens (primary N) is 1. The largest absolute Gasteiger partial charge is 0.330 e. The first kappa shape index (κ1) is 15.4. The molecule has 0 spiro atoms. The molecule has 0 atom stereocenters. The summed E-state index contributed by atoms with van der Waals surface area (Å²) in [4.78, 5) is 2.33. The third kappa shape index (κ3) is 3.78. The summed E-state index contributed by atoms with van der Waals surface area (Å²) >= 11 is 8.05. The van der Waals surface area contributed by atoms with Crippen LogP contribution in [0.4, 0.5) is 0 Å². The summed E-state index contributed by atoms with van der Waals surface area (Å²) < 4.78 is 0. The summed E-state index contributed by atoms with van der Waals surface area (Å²) in [6.45, 7) is 5.05. The topological polar surface area (TPSA) is 26.0 Å². The van der Waals surface area contributed by atoms with Crippen molar-refractivity contribution in [3.05, 3.63) is 58.6 Å². The van der Waals surface area contributed by atoms with Gasteiger partial charge < -0.3 is 5.73 Å². The molecule has 3 heteroatoms. The minimum Gasteiger partial charge on any atom is -0.330 e. The Morgan fingerprint density at radius 3 is 2.40 bits per heavy atom. The second-order valence-electron chi connectivity index (χ2n) is 5.09. The van der Waals surface area contributed by atoms with Gasteiger partial charge in [-0.05, 0) is 48.2 Å². The van der Waals surface area contributed by atoms with Crippen molar-refractivity contribution in [2.45, 2.75) is 36.0 Å². The van der Waals surface area contributed by atoms with E-state index in [0.717, 1.165) is 16.3 Å². The van der Waals surface area contributed by atoms with Gasteiger partial charge in [-0.2, -0.15) is 0 Å². The van der Waals surface area contributed by atoms with Gasteiger partial charge in [-0.1, -0.05) is 61.5 Å². The van der Waals surface area contributed by atoms with Crippen molar-refractivity contribution < 1.29 is 0 Å². The smallest absolute Gasteiger partial charge is 0.0548 e. The van der Waals surface area contributed by atoms with Gasteiger partial charge in [0.2, 0.25) is 0 Å². The van der Waals surface area contributed by atoms with E-state index in [4.69, 9.17) is 17.3 Å². The number of hydrogen-bond acceptors (Lipinski definition) is 2. The van der Waals surface area contributed by atoms with Gasteiger partial charge in [-0.25, -0.2) is 0 Å². The highest BCUT2D eigenvalue weighted by Crippen LogP contribution is 2.36. The summed E-state index contributed by atoms with van der Waals surface area (Å²) in [6.07, 6.45) is 0.854. The fourth-order valence-electron chi connectivity index (χ4n) is 2.06. The molecule has 0 amide bonds. The third-order valence-corrected chi connectivity index (χ3v) is 4.85. The van der Waals surface area contributed by atoms with E-state index in [9.17, 15) is 0 Å². The van der Waals surface area contributed by atoms with E-state index in [2.05, 4.69) is 44.2 Å². The number of hydrogen-bond donors (Lipinski definition) is 1. The van der Waals surface area contributed by atoms with Crippen LogP contribution in [0.5, 0.6) is 0 Å². The van der Waals surface area contributed by atoms with Crippen LogP contribution in [0.3, 0.4) is 0 Å². The van der Waals surface area contributed by atoms with Gasteiger partial charge in [0.25, 0.3) is 0 Å². The minimum atomic E-state index is 0.558. The first-order chi connectivity index (χ1) is 9.61. The van der Waals surface area contributed by atoms with Gasteiger partial charge in [0.05, 0.1) is 5.02 Å². The Hall–Kier alpha value is -0.960. The molecule has 0 aromatic heterocycles. The summed E-state index contributed by atoms with van der Waals surface area (Å²) in [5.41, 5.74) is 8.25. The normalized spacial score (nSPS) is 11.1. The van der Waals surface area contributed by atoms with Crippen molar-refractivity contribution in [3.8, 4) is 0 Å². The molecule has 2 aromatic rings. The minimum absolute atomic E-state index is 0.558. The molecule has 0 aliphatic heterocycles. The summed E-state index contributed by atoms with van der Waals surface area (Å²) in [7, 11) is 0. The predicted octanol–water partition coefficient (Wildman–Crippen LogP) is 5.12. The second-order valence-corrected chi connectivity index (χ2v) is 6.58. The highest BCUT2D eigenvalue weighted by molar-refractivity contribution is 7.99. The van der Waals surface area contributed by atoms with E-state index in [1.54, 1.807) is 11.8 Å². The summed E-state index contributed by atoms with van der Waals surface area (Å²) in [6, 6.07) is 14.7. The SMILES string of the molecule is CC(C)c1ccc(Sc2c(Cl)cccc2CCN)cc1. The van der Waals surface area contributed by atoms with Crippen molar-refractivity contribution in [1.82, 2.24) is 0 Å². The maximum Gasteiger partial charge on any atom is 0.0548 e. The molecule has 1 nitrogen and oxygen atoms in total. The molecule has 2 aromatic carbocycles. The second kappa shape index (κ2) is 7.16. The zero-order chi connectivity index (χ0) is 14.5. The predicted molar refractivity (Wildman–Crippen MR) is 88.9 cm³/mol. The summed E-state index contributed by atoms with van der Waals surface area (Å²) in [5.74, 6) is 0.558. The number of halogens is 1. The van der Waals surface area contributed by atoms with Gasteiger partial charge in [0, 0.05) is 9.79 Å². The van der Waals surface area contributed by atoms with Crippen LogP contribution in [-0.4, -0.2) is 6.54 Å². The summed E-state index contributed by atoms with van der Waals surface area (Å²) in [5, 5.41) is 0.800. The molecule has 0 saturated carbocycles. The zero-order valence-corrected chi connectivity index (χ0v) is 13.5. The molecule has 2 rings (SSSR count). The molecule has 0 unspecified atom stereocenters. The average molecular weight is 306 g/mol. The van der Waals surface area contributed by atoms with Crippen LogP contribution in [-0.2, 0) is 6.42 Å². The lowest BCUT2D eigenvalue weighted by molar-refractivity contribution is 0.865. The van der Waals surface area contributed by atoms with Crippen molar-refractivity contribution in [1.29, 1.82) is 0 Å². The van der Waals surface area contributed by atoms with Crippen molar-refractivity contribution in [2.75, 3.05) is 6.54 Å². The molecule has 0 radical (unpaired) electrons. The van der Waals surface area contributed by atoms with Crippen LogP contribution < -0.4 is 5.73 Å². The Morgan fingerprint density at radius 2 is 1.80 bits per heavy atom. The Morgan fingerprint density at radius 1 is 1.10 bits per heavy atom. The standard InChI is InChI=1S/C17H20ClNS/c1-12(2)13-6-8-15(9-7-13)20-17-14(10-11-19)4-3-5-16(17)18/h3-9,12H,10-11,19H2,1-2H3. The van der Waals surface area contributed by atoms with Gasteiger partial charge in [0.15, 0.2) is 0 Å².